The lowest BCUT2D eigenvalue weighted by Gasteiger charge is -2.01. The van der Waals surface area contributed by atoms with Gasteiger partial charge in [0.05, 0.1) is 12.8 Å². The summed E-state index contributed by atoms with van der Waals surface area (Å²) in [6.45, 7) is 5.99. The first-order valence-electron chi connectivity index (χ1n) is 5.01. The van der Waals surface area contributed by atoms with Gasteiger partial charge in [0.2, 0.25) is 5.91 Å². The fourth-order valence-electron chi connectivity index (χ4n) is 0.720. The first kappa shape index (κ1) is 14.2. The Kier molecular flexibility index (Phi) is 8.57. The number of nitrogens with zero attached hydrogens (tertiary/aromatic N) is 1. The zero-order chi connectivity index (χ0) is 12.2. The fourth-order valence-corrected chi connectivity index (χ4v) is 0.720. The van der Waals surface area contributed by atoms with E-state index in [0.29, 0.717) is 6.54 Å². The molecule has 6 heteroatoms. The third kappa shape index (κ3) is 8.74. The summed E-state index contributed by atoms with van der Waals surface area (Å²) < 4.78 is 0. The molecule has 2 amide bonds. The fraction of sp³-hybridized carbons (Fsp3) is 0.500. The maximum absolute atomic E-state index is 11.0. The first-order valence-corrected chi connectivity index (χ1v) is 5.01. The van der Waals surface area contributed by atoms with E-state index in [-0.39, 0.29) is 25.0 Å². The predicted molar refractivity (Wildman–Crippen MR) is 61.0 cm³/mol. The summed E-state index contributed by atoms with van der Waals surface area (Å²) in [5.74, 6) is -0.499. The van der Waals surface area contributed by atoms with Crippen LogP contribution >= 0.6 is 0 Å². The molecule has 0 fully saturated rings. The lowest BCUT2D eigenvalue weighted by molar-refractivity contribution is -0.125. The van der Waals surface area contributed by atoms with Gasteiger partial charge in [0.25, 0.3) is 5.91 Å². The summed E-state index contributed by atoms with van der Waals surface area (Å²) in [5, 5.41) is 8.59. The molecule has 0 aliphatic heterocycles. The maximum Gasteiger partial charge on any atom is 0.260 e. The molecule has 2 N–H and O–H groups in total. The summed E-state index contributed by atoms with van der Waals surface area (Å²) in [7, 11) is 0. The number of nitrogens with one attached hydrogen (secondary N) is 2. The molecule has 0 spiro atoms. The minimum Gasteiger partial charge on any atom is -0.386 e. The standard InChI is InChI=1S/C10H17N3O3/c1-3-5-11-10(15)8-16-13-7-6-12-9(14)4-2/h4,7H,2-3,5-6,8H2,1H3,(H,11,15)(H,12,14). The molecule has 0 aliphatic carbocycles. The van der Waals surface area contributed by atoms with Crippen LogP contribution in [0.3, 0.4) is 0 Å². The second-order valence-electron chi connectivity index (χ2n) is 2.86. The monoisotopic (exact) mass is 227 g/mol. The van der Waals surface area contributed by atoms with E-state index in [2.05, 4.69) is 27.2 Å². The zero-order valence-electron chi connectivity index (χ0n) is 9.36. The highest BCUT2D eigenvalue weighted by Crippen LogP contribution is 1.77. The Balaban J connectivity index is 3.43. The molecular weight excluding hydrogens is 210 g/mol. The van der Waals surface area contributed by atoms with Crippen LogP contribution < -0.4 is 10.6 Å². The van der Waals surface area contributed by atoms with Gasteiger partial charge in [-0.15, -0.1) is 0 Å². The average molecular weight is 227 g/mol. The number of amides is 2. The van der Waals surface area contributed by atoms with Crippen molar-refractivity contribution in [3.63, 3.8) is 0 Å². The van der Waals surface area contributed by atoms with Gasteiger partial charge in [0, 0.05) is 6.54 Å². The molecule has 0 aromatic rings. The minimum atomic E-state index is -0.285. The Hall–Kier alpha value is -1.85. The Morgan fingerprint density at radius 3 is 2.81 bits per heavy atom. The quantitative estimate of drug-likeness (QED) is 0.343. The molecule has 90 valence electrons. The van der Waals surface area contributed by atoms with E-state index in [1.165, 1.54) is 6.21 Å². The van der Waals surface area contributed by atoms with Gasteiger partial charge in [0.15, 0.2) is 6.61 Å². The summed E-state index contributed by atoms with van der Waals surface area (Å²) in [6, 6.07) is 0. The maximum atomic E-state index is 11.0. The smallest absolute Gasteiger partial charge is 0.260 e. The van der Waals surface area contributed by atoms with Gasteiger partial charge in [-0.2, -0.15) is 0 Å². The van der Waals surface area contributed by atoms with Crippen molar-refractivity contribution in [2.24, 2.45) is 5.16 Å². The Morgan fingerprint density at radius 2 is 2.19 bits per heavy atom. The van der Waals surface area contributed by atoms with E-state index in [1.54, 1.807) is 0 Å². The lowest BCUT2D eigenvalue weighted by atomic mass is 10.5. The van der Waals surface area contributed by atoms with E-state index in [0.717, 1.165) is 12.5 Å². The van der Waals surface area contributed by atoms with Crippen LogP contribution in [0, 0.1) is 0 Å². The van der Waals surface area contributed by atoms with Gasteiger partial charge in [-0.3, -0.25) is 9.59 Å². The number of rotatable bonds is 8. The van der Waals surface area contributed by atoms with Crippen molar-refractivity contribution in [2.45, 2.75) is 13.3 Å². The van der Waals surface area contributed by atoms with Crippen LogP contribution in [0.2, 0.25) is 0 Å². The van der Waals surface area contributed by atoms with Crippen LogP contribution in [-0.2, 0) is 14.4 Å². The average Bonchev–Trinajstić information content (AvgIpc) is 2.30. The van der Waals surface area contributed by atoms with E-state index in [9.17, 15) is 9.59 Å². The highest BCUT2D eigenvalue weighted by Gasteiger charge is 1.98. The number of hydrogen-bond donors (Lipinski definition) is 2. The predicted octanol–water partition coefficient (Wildman–Crippen LogP) is -0.183. The van der Waals surface area contributed by atoms with Crippen molar-refractivity contribution < 1.29 is 14.4 Å². The third-order valence-electron chi connectivity index (χ3n) is 1.47. The molecule has 0 saturated heterocycles. The number of oxime groups is 1. The Labute approximate surface area is 94.7 Å². The zero-order valence-corrected chi connectivity index (χ0v) is 9.36. The number of carbonyl (C=O) groups is 2. The summed E-state index contributed by atoms with van der Waals surface area (Å²) in [6.07, 6.45) is 3.39. The molecule has 0 atom stereocenters. The van der Waals surface area contributed by atoms with Crippen LogP contribution in [0.15, 0.2) is 17.8 Å². The van der Waals surface area contributed by atoms with Crippen molar-refractivity contribution in [3.05, 3.63) is 12.7 Å². The molecule has 0 aromatic heterocycles. The molecule has 0 aromatic carbocycles. The second kappa shape index (κ2) is 9.70. The van der Waals surface area contributed by atoms with E-state index in [4.69, 9.17) is 0 Å². The van der Waals surface area contributed by atoms with Gasteiger partial charge >= 0.3 is 0 Å². The Bertz CT molecular complexity index is 264. The number of carbonyl (C=O) groups excluding carboxylic acids is 2. The molecule has 0 bridgehead atoms. The molecule has 0 rings (SSSR count). The first-order chi connectivity index (χ1) is 7.70. The van der Waals surface area contributed by atoms with Crippen molar-refractivity contribution >= 4 is 18.0 Å². The summed E-state index contributed by atoms with van der Waals surface area (Å²) >= 11 is 0. The lowest BCUT2D eigenvalue weighted by Crippen LogP contribution is -2.27. The number of hydrogen-bond acceptors (Lipinski definition) is 4. The van der Waals surface area contributed by atoms with Crippen LogP contribution in [0.5, 0.6) is 0 Å². The SMILES string of the molecule is C=CC(=O)NCC=NOCC(=O)NCCC. The topological polar surface area (TPSA) is 79.8 Å². The van der Waals surface area contributed by atoms with Gasteiger partial charge < -0.3 is 15.5 Å². The third-order valence-corrected chi connectivity index (χ3v) is 1.47. The van der Waals surface area contributed by atoms with Gasteiger partial charge in [-0.1, -0.05) is 18.7 Å². The largest absolute Gasteiger partial charge is 0.386 e. The highest BCUT2D eigenvalue weighted by molar-refractivity contribution is 5.88. The molecule has 0 saturated carbocycles. The van der Waals surface area contributed by atoms with Gasteiger partial charge in [0.1, 0.15) is 0 Å². The molecule has 0 unspecified atom stereocenters. The highest BCUT2D eigenvalue weighted by atomic mass is 16.6. The molecule has 0 heterocycles. The normalized spacial score (nSPS) is 9.81. The van der Waals surface area contributed by atoms with E-state index < -0.39 is 0 Å². The molecule has 0 radical (unpaired) electrons. The van der Waals surface area contributed by atoms with Crippen LogP contribution in [0.25, 0.3) is 0 Å². The van der Waals surface area contributed by atoms with Crippen LogP contribution in [0.4, 0.5) is 0 Å². The summed E-state index contributed by atoms with van der Waals surface area (Å²) in [4.78, 5) is 26.4. The Morgan fingerprint density at radius 1 is 1.44 bits per heavy atom. The van der Waals surface area contributed by atoms with Crippen LogP contribution in [0.1, 0.15) is 13.3 Å². The molecule has 16 heavy (non-hydrogen) atoms. The van der Waals surface area contributed by atoms with Crippen molar-refractivity contribution in [1.29, 1.82) is 0 Å². The van der Waals surface area contributed by atoms with Crippen molar-refractivity contribution in [2.75, 3.05) is 19.7 Å². The molecular formula is C10H17N3O3. The molecule has 0 aliphatic rings. The second-order valence-corrected chi connectivity index (χ2v) is 2.86. The minimum absolute atomic E-state index is 0.119. The van der Waals surface area contributed by atoms with Crippen LogP contribution in [-0.4, -0.2) is 37.7 Å². The van der Waals surface area contributed by atoms with Gasteiger partial charge in [-0.05, 0) is 12.5 Å². The summed E-state index contributed by atoms with van der Waals surface area (Å²) in [5.41, 5.74) is 0. The van der Waals surface area contributed by atoms with Crippen molar-refractivity contribution in [1.82, 2.24) is 10.6 Å². The van der Waals surface area contributed by atoms with E-state index >= 15 is 0 Å². The molecule has 6 nitrogen and oxygen atoms in total. The van der Waals surface area contributed by atoms with E-state index in [1.807, 2.05) is 6.92 Å². The van der Waals surface area contributed by atoms with Gasteiger partial charge in [-0.25, -0.2) is 0 Å². The van der Waals surface area contributed by atoms with Crippen molar-refractivity contribution in [3.8, 4) is 0 Å².